The summed E-state index contributed by atoms with van der Waals surface area (Å²) in [6.07, 6.45) is 2.07. The summed E-state index contributed by atoms with van der Waals surface area (Å²) in [5.41, 5.74) is 4.73. The monoisotopic (exact) mass is 278 g/mol. The van der Waals surface area contributed by atoms with Crippen molar-refractivity contribution in [2.75, 3.05) is 6.61 Å². The fourth-order valence-electron chi connectivity index (χ4n) is 1.92. The molecule has 0 heterocycles. The average Bonchev–Trinajstić information content (AvgIpc) is 2.38. The van der Waals surface area contributed by atoms with Crippen LogP contribution in [-0.4, -0.2) is 12.5 Å². The fraction of sp³-hybridized carbons (Fsp3) is 0.562. The lowest BCUT2D eigenvalue weighted by molar-refractivity contribution is -0.121. The van der Waals surface area contributed by atoms with Gasteiger partial charge in [-0.15, -0.1) is 0 Å². The number of hydrazine groups is 1. The van der Waals surface area contributed by atoms with E-state index in [0.29, 0.717) is 13.0 Å². The first kappa shape index (κ1) is 16.5. The molecule has 3 N–H and O–H groups in total. The summed E-state index contributed by atoms with van der Waals surface area (Å²) >= 11 is 0. The van der Waals surface area contributed by atoms with Crippen LogP contribution in [0.2, 0.25) is 0 Å². The van der Waals surface area contributed by atoms with Crippen molar-refractivity contribution in [3.05, 3.63) is 29.3 Å². The van der Waals surface area contributed by atoms with Crippen molar-refractivity contribution < 1.29 is 9.53 Å². The summed E-state index contributed by atoms with van der Waals surface area (Å²) in [6.45, 7) is 9.28. The van der Waals surface area contributed by atoms with Crippen LogP contribution in [0.15, 0.2) is 18.2 Å². The van der Waals surface area contributed by atoms with Gasteiger partial charge in [0.25, 0.3) is 0 Å². The SMILES string of the molecule is Cc1cc(C(C)(C)C)ccc1OCCCCC(=O)NN. The second-order valence-electron chi connectivity index (χ2n) is 6.10. The van der Waals surface area contributed by atoms with Crippen molar-refractivity contribution in [3.8, 4) is 5.75 Å². The van der Waals surface area contributed by atoms with Crippen LogP contribution in [-0.2, 0) is 10.2 Å². The zero-order chi connectivity index (χ0) is 15.2. The number of benzene rings is 1. The lowest BCUT2D eigenvalue weighted by atomic mass is 9.86. The number of nitrogens with one attached hydrogen (secondary N) is 1. The summed E-state index contributed by atoms with van der Waals surface area (Å²) in [5.74, 6) is 5.80. The van der Waals surface area contributed by atoms with E-state index in [9.17, 15) is 4.79 Å². The maximum Gasteiger partial charge on any atom is 0.233 e. The fourth-order valence-corrected chi connectivity index (χ4v) is 1.92. The molecule has 0 unspecified atom stereocenters. The standard InChI is InChI=1S/C16H26N2O2/c1-12-11-13(16(2,3)4)8-9-14(12)20-10-6-5-7-15(19)18-17/h8-9,11H,5-7,10,17H2,1-4H3,(H,18,19). The summed E-state index contributed by atoms with van der Waals surface area (Å²) in [7, 11) is 0. The van der Waals surface area contributed by atoms with Gasteiger partial charge in [-0.05, 0) is 42.4 Å². The molecule has 1 aromatic carbocycles. The number of carbonyl (C=O) groups excluding carboxylic acids is 1. The maximum atomic E-state index is 11.0. The van der Waals surface area contributed by atoms with Crippen LogP contribution in [0.1, 0.15) is 51.2 Å². The largest absolute Gasteiger partial charge is 0.493 e. The van der Waals surface area contributed by atoms with Crippen molar-refractivity contribution >= 4 is 5.91 Å². The third-order valence-electron chi connectivity index (χ3n) is 3.26. The van der Waals surface area contributed by atoms with Crippen molar-refractivity contribution in [1.29, 1.82) is 0 Å². The van der Waals surface area contributed by atoms with Crippen molar-refractivity contribution in [1.82, 2.24) is 5.43 Å². The van der Waals surface area contributed by atoms with Crippen LogP contribution in [0.4, 0.5) is 0 Å². The van der Waals surface area contributed by atoms with Gasteiger partial charge >= 0.3 is 0 Å². The van der Waals surface area contributed by atoms with E-state index >= 15 is 0 Å². The van der Waals surface area contributed by atoms with Crippen LogP contribution in [0.25, 0.3) is 0 Å². The molecule has 0 aliphatic heterocycles. The van der Waals surface area contributed by atoms with E-state index in [1.165, 1.54) is 5.56 Å². The highest BCUT2D eigenvalue weighted by Crippen LogP contribution is 2.27. The van der Waals surface area contributed by atoms with Gasteiger partial charge in [-0.25, -0.2) is 5.84 Å². The molecule has 0 saturated carbocycles. The van der Waals surface area contributed by atoms with Crippen LogP contribution < -0.4 is 16.0 Å². The first-order valence-electron chi connectivity index (χ1n) is 7.08. The quantitative estimate of drug-likeness (QED) is 0.364. The number of hydrogen-bond acceptors (Lipinski definition) is 3. The van der Waals surface area contributed by atoms with E-state index in [2.05, 4.69) is 45.3 Å². The topological polar surface area (TPSA) is 64.3 Å². The predicted octanol–water partition coefficient (Wildman–Crippen LogP) is 2.83. The number of carbonyl (C=O) groups is 1. The number of nitrogens with two attached hydrogens (primary N) is 1. The number of rotatable bonds is 6. The Balaban J connectivity index is 2.43. The summed E-state index contributed by atoms with van der Waals surface area (Å²) in [6, 6.07) is 6.32. The van der Waals surface area contributed by atoms with E-state index in [-0.39, 0.29) is 11.3 Å². The Morgan fingerprint density at radius 1 is 1.30 bits per heavy atom. The van der Waals surface area contributed by atoms with Crippen LogP contribution in [0.3, 0.4) is 0 Å². The smallest absolute Gasteiger partial charge is 0.233 e. The van der Waals surface area contributed by atoms with Gasteiger partial charge in [-0.1, -0.05) is 32.9 Å². The Hall–Kier alpha value is -1.55. The normalized spacial score (nSPS) is 11.2. The van der Waals surface area contributed by atoms with Gasteiger partial charge < -0.3 is 4.74 Å². The molecule has 0 saturated heterocycles. The lowest BCUT2D eigenvalue weighted by Gasteiger charge is -2.20. The van der Waals surface area contributed by atoms with Crippen molar-refractivity contribution in [2.45, 2.75) is 52.4 Å². The second kappa shape index (κ2) is 7.29. The minimum Gasteiger partial charge on any atom is -0.493 e. The van der Waals surface area contributed by atoms with Crippen molar-refractivity contribution in [2.24, 2.45) is 5.84 Å². The summed E-state index contributed by atoms with van der Waals surface area (Å²) in [5, 5.41) is 0. The van der Waals surface area contributed by atoms with Gasteiger partial charge in [0.05, 0.1) is 6.61 Å². The molecule has 4 heteroatoms. The number of unbranched alkanes of at least 4 members (excludes halogenated alkanes) is 1. The number of ether oxygens (including phenoxy) is 1. The van der Waals surface area contributed by atoms with Crippen LogP contribution >= 0.6 is 0 Å². The molecule has 0 spiro atoms. The minimum atomic E-state index is -0.129. The molecule has 0 aliphatic rings. The molecule has 1 rings (SSSR count). The second-order valence-corrected chi connectivity index (χ2v) is 6.10. The van der Waals surface area contributed by atoms with Gasteiger partial charge in [0.1, 0.15) is 5.75 Å². The highest BCUT2D eigenvalue weighted by Gasteiger charge is 2.14. The highest BCUT2D eigenvalue weighted by atomic mass is 16.5. The first-order chi connectivity index (χ1) is 9.34. The molecule has 112 valence electrons. The van der Waals surface area contributed by atoms with Crippen molar-refractivity contribution in [3.63, 3.8) is 0 Å². The molecule has 0 aromatic heterocycles. The highest BCUT2D eigenvalue weighted by molar-refractivity contribution is 5.75. The van der Waals surface area contributed by atoms with E-state index in [1.54, 1.807) is 0 Å². The molecule has 0 bridgehead atoms. The van der Waals surface area contributed by atoms with E-state index in [0.717, 1.165) is 24.2 Å². The lowest BCUT2D eigenvalue weighted by Crippen LogP contribution is -2.29. The van der Waals surface area contributed by atoms with Gasteiger partial charge in [0.2, 0.25) is 5.91 Å². The molecule has 0 aliphatic carbocycles. The molecular weight excluding hydrogens is 252 g/mol. The predicted molar refractivity (Wildman–Crippen MR) is 81.6 cm³/mol. The Labute approximate surface area is 121 Å². The number of hydrogen-bond donors (Lipinski definition) is 2. The third-order valence-corrected chi connectivity index (χ3v) is 3.26. The molecule has 0 radical (unpaired) electrons. The average molecular weight is 278 g/mol. The Morgan fingerprint density at radius 3 is 2.55 bits per heavy atom. The zero-order valence-electron chi connectivity index (χ0n) is 13.0. The molecule has 0 fully saturated rings. The molecule has 20 heavy (non-hydrogen) atoms. The van der Waals surface area contributed by atoms with Crippen LogP contribution in [0, 0.1) is 6.92 Å². The molecule has 1 aromatic rings. The third kappa shape index (κ3) is 5.21. The summed E-state index contributed by atoms with van der Waals surface area (Å²) in [4.78, 5) is 11.0. The van der Waals surface area contributed by atoms with Crippen LogP contribution in [0.5, 0.6) is 5.75 Å². The zero-order valence-corrected chi connectivity index (χ0v) is 13.0. The van der Waals surface area contributed by atoms with Gasteiger partial charge in [0.15, 0.2) is 0 Å². The van der Waals surface area contributed by atoms with E-state index in [4.69, 9.17) is 10.6 Å². The van der Waals surface area contributed by atoms with E-state index < -0.39 is 0 Å². The minimum absolute atomic E-state index is 0.129. The Morgan fingerprint density at radius 2 is 2.00 bits per heavy atom. The Kier molecular flexibility index (Phi) is 6.02. The number of amides is 1. The Bertz CT molecular complexity index is 450. The molecule has 0 atom stereocenters. The first-order valence-corrected chi connectivity index (χ1v) is 7.08. The molecular formula is C16H26N2O2. The van der Waals surface area contributed by atoms with Gasteiger partial charge in [-0.2, -0.15) is 0 Å². The van der Waals surface area contributed by atoms with Gasteiger partial charge in [0, 0.05) is 6.42 Å². The molecule has 4 nitrogen and oxygen atoms in total. The molecule has 1 amide bonds. The number of aryl methyl sites for hydroxylation is 1. The summed E-state index contributed by atoms with van der Waals surface area (Å²) < 4.78 is 5.76. The van der Waals surface area contributed by atoms with E-state index in [1.807, 2.05) is 6.07 Å². The maximum absolute atomic E-state index is 11.0. The van der Waals surface area contributed by atoms with Gasteiger partial charge in [-0.3, -0.25) is 10.2 Å².